The van der Waals surface area contributed by atoms with Crippen LogP contribution in [0.2, 0.25) is 0 Å². The summed E-state index contributed by atoms with van der Waals surface area (Å²) in [6, 6.07) is 22.6. The van der Waals surface area contributed by atoms with Crippen molar-refractivity contribution in [3.8, 4) is 5.75 Å². The maximum absolute atomic E-state index is 12.8. The number of amides is 1. The summed E-state index contributed by atoms with van der Waals surface area (Å²) < 4.78 is 5.80. The lowest BCUT2D eigenvalue weighted by Crippen LogP contribution is -2.27. The average molecular weight is 414 g/mol. The van der Waals surface area contributed by atoms with E-state index in [0.717, 1.165) is 18.4 Å². The first kappa shape index (κ1) is 20.9. The zero-order valence-corrected chi connectivity index (χ0v) is 17.8. The number of carbonyl (C=O) groups excluding carboxylic acids is 2. The van der Waals surface area contributed by atoms with E-state index in [2.05, 4.69) is 11.4 Å². The van der Waals surface area contributed by atoms with Gasteiger partial charge in [0.15, 0.2) is 12.4 Å². The van der Waals surface area contributed by atoms with Crippen molar-refractivity contribution in [1.29, 1.82) is 0 Å². The number of aryl methyl sites for hydroxylation is 2. The van der Waals surface area contributed by atoms with Crippen molar-refractivity contribution in [2.45, 2.75) is 38.6 Å². The number of hydrogen-bond acceptors (Lipinski definition) is 3. The van der Waals surface area contributed by atoms with Crippen LogP contribution in [0.15, 0.2) is 72.8 Å². The van der Waals surface area contributed by atoms with E-state index < -0.39 is 0 Å². The maximum Gasteiger partial charge on any atom is 0.255 e. The van der Waals surface area contributed by atoms with Crippen LogP contribution in [0.5, 0.6) is 5.75 Å². The Kier molecular flexibility index (Phi) is 6.46. The van der Waals surface area contributed by atoms with Gasteiger partial charge < -0.3 is 10.1 Å². The fourth-order valence-electron chi connectivity index (χ4n) is 4.01. The molecule has 31 heavy (non-hydrogen) atoms. The summed E-state index contributed by atoms with van der Waals surface area (Å²) in [4.78, 5) is 25.6. The van der Waals surface area contributed by atoms with Crippen LogP contribution in [0, 0.1) is 0 Å². The highest BCUT2D eigenvalue weighted by atomic mass is 16.5. The van der Waals surface area contributed by atoms with Gasteiger partial charge in [-0.15, -0.1) is 0 Å². The summed E-state index contributed by atoms with van der Waals surface area (Å²) in [5, 5.41) is 3.00. The number of hydrogen-bond donors (Lipinski definition) is 1. The number of rotatable bonds is 7. The van der Waals surface area contributed by atoms with E-state index in [4.69, 9.17) is 4.74 Å². The molecule has 1 aliphatic carbocycles. The fourth-order valence-corrected chi connectivity index (χ4v) is 4.01. The number of Topliss-reactive ketones (excluding diaryl/α,β-unsaturated/α-hetero) is 1. The highest BCUT2D eigenvalue weighted by Crippen LogP contribution is 2.23. The van der Waals surface area contributed by atoms with Crippen molar-refractivity contribution in [2.75, 3.05) is 6.61 Å². The Labute approximate surface area is 183 Å². The van der Waals surface area contributed by atoms with Gasteiger partial charge in [-0.25, -0.2) is 0 Å². The predicted molar refractivity (Wildman–Crippen MR) is 122 cm³/mol. The van der Waals surface area contributed by atoms with E-state index in [1.54, 1.807) is 24.3 Å². The van der Waals surface area contributed by atoms with E-state index in [0.29, 0.717) is 16.9 Å². The van der Waals surface area contributed by atoms with E-state index in [9.17, 15) is 9.59 Å². The molecule has 1 N–H and O–H groups in total. The number of fused-ring (bicyclic) bond motifs is 1. The minimum absolute atomic E-state index is 0.0822. The average Bonchev–Trinajstić information content (AvgIpc) is 2.82. The first-order chi connectivity index (χ1) is 15.1. The SMILES string of the molecule is C[C@H](NC(=O)c1ccccc1OCC(=O)c1ccc2c(c1)CCCC2)c1ccccc1. The predicted octanol–water partition coefficient (Wildman–Crippen LogP) is 5.32. The monoisotopic (exact) mass is 413 g/mol. The van der Waals surface area contributed by atoms with Crippen LogP contribution in [0.3, 0.4) is 0 Å². The molecule has 1 amide bonds. The molecule has 0 spiro atoms. The van der Waals surface area contributed by atoms with Gasteiger partial charge in [0.1, 0.15) is 5.75 Å². The molecule has 0 fully saturated rings. The molecule has 0 unspecified atom stereocenters. The number of ketones is 1. The Morgan fingerprint density at radius 3 is 2.42 bits per heavy atom. The van der Waals surface area contributed by atoms with Crippen LogP contribution < -0.4 is 10.1 Å². The van der Waals surface area contributed by atoms with E-state index in [1.165, 1.54) is 24.0 Å². The van der Waals surface area contributed by atoms with Gasteiger partial charge in [-0.2, -0.15) is 0 Å². The smallest absolute Gasteiger partial charge is 0.255 e. The van der Waals surface area contributed by atoms with Gasteiger partial charge in [-0.1, -0.05) is 54.6 Å². The molecular formula is C27H27NO3. The molecule has 1 aliphatic rings. The van der Waals surface area contributed by atoms with Gasteiger partial charge in [0.05, 0.1) is 11.6 Å². The molecule has 4 heteroatoms. The maximum atomic E-state index is 12.8. The zero-order chi connectivity index (χ0) is 21.6. The van der Waals surface area contributed by atoms with Crippen molar-refractivity contribution in [2.24, 2.45) is 0 Å². The van der Waals surface area contributed by atoms with Gasteiger partial charge in [0, 0.05) is 5.56 Å². The minimum atomic E-state index is -0.229. The minimum Gasteiger partial charge on any atom is -0.485 e. The lowest BCUT2D eigenvalue weighted by atomic mass is 9.90. The van der Waals surface area contributed by atoms with E-state index in [1.807, 2.05) is 49.4 Å². The van der Waals surface area contributed by atoms with E-state index >= 15 is 0 Å². The highest BCUT2D eigenvalue weighted by Gasteiger charge is 2.17. The molecule has 0 saturated carbocycles. The molecule has 158 valence electrons. The van der Waals surface area contributed by atoms with Crippen LogP contribution in [0.1, 0.15) is 63.2 Å². The fraction of sp³-hybridized carbons (Fsp3) is 0.259. The Hall–Kier alpha value is -3.40. The molecule has 3 aromatic rings. The second kappa shape index (κ2) is 9.61. The molecule has 4 rings (SSSR count). The first-order valence-electron chi connectivity index (χ1n) is 10.8. The van der Waals surface area contributed by atoms with Gasteiger partial charge in [-0.3, -0.25) is 9.59 Å². The molecule has 3 aromatic carbocycles. The third-order valence-corrected chi connectivity index (χ3v) is 5.81. The van der Waals surface area contributed by atoms with Crippen LogP contribution in [-0.4, -0.2) is 18.3 Å². The lowest BCUT2D eigenvalue weighted by molar-refractivity contribution is 0.0899. The molecule has 0 saturated heterocycles. The Morgan fingerprint density at radius 2 is 1.61 bits per heavy atom. The van der Waals surface area contributed by atoms with E-state index in [-0.39, 0.29) is 24.3 Å². The Morgan fingerprint density at radius 1 is 0.903 bits per heavy atom. The molecule has 0 heterocycles. The van der Waals surface area contributed by atoms with Crippen molar-refractivity contribution in [1.82, 2.24) is 5.32 Å². The summed E-state index contributed by atoms with van der Waals surface area (Å²) in [6.45, 7) is 1.84. The van der Waals surface area contributed by atoms with Crippen LogP contribution in [-0.2, 0) is 12.8 Å². The van der Waals surface area contributed by atoms with Gasteiger partial charge >= 0.3 is 0 Å². The second-order valence-electron chi connectivity index (χ2n) is 8.00. The molecule has 0 aromatic heterocycles. The summed E-state index contributed by atoms with van der Waals surface area (Å²) in [6.07, 6.45) is 4.50. The number of nitrogens with one attached hydrogen (secondary N) is 1. The topological polar surface area (TPSA) is 55.4 Å². The van der Waals surface area contributed by atoms with Gasteiger partial charge in [-0.05, 0) is 67.5 Å². The van der Waals surface area contributed by atoms with Crippen molar-refractivity contribution < 1.29 is 14.3 Å². The molecule has 1 atom stereocenters. The second-order valence-corrected chi connectivity index (χ2v) is 8.00. The van der Waals surface area contributed by atoms with Crippen LogP contribution >= 0.6 is 0 Å². The quantitative estimate of drug-likeness (QED) is 0.534. The summed E-state index contributed by atoms with van der Waals surface area (Å²) >= 11 is 0. The van der Waals surface area contributed by atoms with Crippen molar-refractivity contribution in [3.63, 3.8) is 0 Å². The number of carbonyl (C=O) groups is 2. The van der Waals surface area contributed by atoms with Gasteiger partial charge in [0.25, 0.3) is 5.91 Å². The molecular weight excluding hydrogens is 386 g/mol. The van der Waals surface area contributed by atoms with Crippen molar-refractivity contribution >= 4 is 11.7 Å². The summed E-state index contributed by atoms with van der Waals surface area (Å²) in [5.41, 5.74) is 4.73. The first-order valence-corrected chi connectivity index (χ1v) is 10.8. The third-order valence-electron chi connectivity index (χ3n) is 5.81. The zero-order valence-electron chi connectivity index (χ0n) is 17.8. The van der Waals surface area contributed by atoms with Crippen molar-refractivity contribution in [3.05, 3.63) is 101 Å². The van der Waals surface area contributed by atoms with Gasteiger partial charge in [0.2, 0.25) is 0 Å². The molecule has 0 radical (unpaired) electrons. The standard InChI is InChI=1S/C27H27NO3/c1-19(20-9-3-2-4-10-20)28-27(30)24-13-7-8-14-26(24)31-18-25(29)23-16-15-21-11-5-6-12-22(21)17-23/h2-4,7-10,13-17,19H,5-6,11-12,18H2,1H3,(H,28,30)/t19-/m0/s1. The molecule has 4 nitrogen and oxygen atoms in total. The molecule has 0 bridgehead atoms. The summed E-state index contributed by atoms with van der Waals surface area (Å²) in [7, 11) is 0. The van der Waals surface area contributed by atoms with Crippen LogP contribution in [0.25, 0.3) is 0 Å². The van der Waals surface area contributed by atoms with Crippen LogP contribution in [0.4, 0.5) is 0 Å². The largest absolute Gasteiger partial charge is 0.485 e. The summed E-state index contributed by atoms with van der Waals surface area (Å²) in [5.74, 6) is 0.0981. The Balaban J connectivity index is 1.42. The third kappa shape index (κ3) is 5.02. The number of ether oxygens (including phenoxy) is 1. The number of benzene rings is 3. The molecule has 0 aliphatic heterocycles. The Bertz CT molecular complexity index is 1070. The lowest BCUT2D eigenvalue weighted by Gasteiger charge is -2.17. The number of para-hydroxylation sites is 1. The normalized spacial score (nSPS) is 13.7. The highest BCUT2D eigenvalue weighted by molar-refractivity contribution is 5.99.